The van der Waals surface area contributed by atoms with Gasteiger partial charge in [-0.15, -0.1) is 0 Å². The summed E-state index contributed by atoms with van der Waals surface area (Å²) in [5.41, 5.74) is -0.394. The van der Waals surface area contributed by atoms with Crippen molar-refractivity contribution in [3.8, 4) is 22.7 Å². The standard InChI is InChI=1S/C20H18ClF3N2O4S/c1-30-18-8-5-14(11-16(18)21)26-17(12-19(25-26)20(22,23)24)13-3-6-15(7-4-13)31(28,29)10-2-9-27/h3-8,11-12,27H,2,9-10H2,1H3. The first kappa shape index (κ1) is 23.1. The van der Waals surface area contributed by atoms with Gasteiger partial charge in [-0.25, -0.2) is 13.1 Å². The Morgan fingerprint density at radius 2 is 1.81 bits per heavy atom. The maximum Gasteiger partial charge on any atom is 0.435 e. The number of aliphatic hydroxyl groups excluding tert-OH is 1. The first-order valence-electron chi connectivity index (χ1n) is 9.02. The quantitative estimate of drug-likeness (QED) is 0.549. The largest absolute Gasteiger partial charge is 0.495 e. The smallest absolute Gasteiger partial charge is 0.435 e. The Kier molecular flexibility index (Phi) is 6.63. The third kappa shape index (κ3) is 5.03. The molecule has 11 heteroatoms. The van der Waals surface area contributed by atoms with Gasteiger partial charge in [-0.3, -0.25) is 0 Å². The van der Waals surface area contributed by atoms with Crippen LogP contribution < -0.4 is 4.74 Å². The van der Waals surface area contributed by atoms with Crippen molar-refractivity contribution in [2.24, 2.45) is 0 Å². The zero-order chi connectivity index (χ0) is 22.8. The fourth-order valence-electron chi connectivity index (χ4n) is 2.91. The molecule has 0 saturated carbocycles. The molecule has 3 rings (SSSR count). The van der Waals surface area contributed by atoms with Crippen molar-refractivity contribution >= 4 is 21.4 Å². The zero-order valence-corrected chi connectivity index (χ0v) is 17.8. The highest BCUT2D eigenvalue weighted by Gasteiger charge is 2.35. The molecule has 0 aliphatic carbocycles. The highest BCUT2D eigenvalue weighted by molar-refractivity contribution is 7.91. The maximum atomic E-state index is 13.3. The summed E-state index contributed by atoms with van der Waals surface area (Å²) in [5, 5.41) is 12.7. The number of rotatable bonds is 7. The van der Waals surface area contributed by atoms with Gasteiger partial charge >= 0.3 is 6.18 Å². The van der Waals surface area contributed by atoms with Crippen molar-refractivity contribution in [2.75, 3.05) is 19.5 Å². The average molecular weight is 475 g/mol. The van der Waals surface area contributed by atoms with E-state index in [1.54, 1.807) is 0 Å². The Labute approximate surface area is 181 Å². The van der Waals surface area contributed by atoms with E-state index in [-0.39, 0.29) is 40.1 Å². The number of methoxy groups -OCH3 is 1. The van der Waals surface area contributed by atoms with E-state index < -0.39 is 21.7 Å². The molecule has 1 N–H and O–H groups in total. The van der Waals surface area contributed by atoms with Crippen molar-refractivity contribution in [3.05, 3.63) is 59.2 Å². The summed E-state index contributed by atoms with van der Waals surface area (Å²) in [6.45, 7) is -0.263. The summed E-state index contributed by atoms with van der Waals surface area (Å²) in [4.78, 5) is 0.0132. The zero-order valence-electron chi connectivity index (χ0n) is 16.2. The lowest BCUT2D eigenvalue weighted by Gasteiger charge is -2.11. The predicted octanol–water partition coefficient (Wildman–Crippen LogP) is 4.38. The lowest BCUT2D eigenvalue weighted by molar-refractivity contribution is -0.141. The monoisotopic (exact) mass is 474 g/mol. The molecule has 166 valence electrons. The molecular weight excluding hydrogens is 457 g/mol. The van der Waals surface area contributed by atoms with Crippen LogP contribution in [0.5, 0.6) is 5.75 Å². The number of halogens is 4. The number of sulfone groups is 1. The van der Waals surface area contributed by atoms with E-state index in [9.17, 15) is 21.6 Å². The molecule has 1 heterocycles. The highest BCUT2D eigenvalue weighted by atomic mass is 35.5. The number of aromatic nitrogens is 2. The summed E-state index contributed by atoms with van der Waals surface area (Å²) in [6.07, 6.45) is -4.59. The number of ether oxygens (including phenoxy) is 1. The Balaban J connectivity index is 2.08. The second-order valence-electron chi connectivity index (χ2n) is 6.56. The van der Waals surface area contributed by atoms with Crippen LogP contribution in [0.1, 0.15) is 12.1 Å². The SMILES string of the molecule is COc1ccc(-n2nc(C(F)(F)F)cc2-c2ccc(S(=O)(=O)CCCO)cc2)cc1Cl. The number of nitrogens with zero attached hydrogens (tertiary/aromatic N) is 2. The van der Waals surface area contributed by atoms with Gasteiger partial charge in [0.15, 0.2) is 15.5 Å². The summed E-state index contributed by atoms with van der Waals surface area (Å²) < 4.78 is 70.7. The van der Waals surface area contributed by atoms with Crippen LogP contribution in [-0.2, 0) is 16.0 Å². The van der Waals surface area contributed by atoms with Crippen molar-refractivity contribution in [1.29, 1.82) is 0 Å². The van der Waals surface area contributed by atoms with Crippen molar-refractivity contribution in [1.82, 2.24) is 9.78 Å². The Bertz CT molecular complexity index is 1180. The van der Waals surface area contributed by atoms with Crippen LogP contribution in [-0.4, -0.2) is 42.8 Å². The molecule has 2 aromatic carbocycles. The summed E-state index contributed by atoms with van der Waals surface area (Å²) >= 11 is 6.11. The third-order valence-corrected chi connectivity index (χ3v) is 6.57. The van der Waals surface area contributed by atoms with E-state index in [0.717, 1.165) is 10.7 Å². The molecule has 6 nitrogen and oxygen atoms in total. The number of hydrogen-bond acceptors (Lipinski definition) is 5. The molecule has 0 spiro atoms. The lowest BCUT2D eigenvalue weighted by atomic mass is 10.1. The number of alkyl halides is 3. The minimum absolute atomic E-state index is 0.0132. The molecule has 0 aliphatic heterocycles. The molecule has 3 aromatic rings. The lowest BCUT2D eigenvalue weighted by Crippen LogP contribution is -2.08. The number of benzene rings is 2. The normalized spacial score (nSPS) is 12.2. The van der Waals surface area contributed by atoms with Crippen LogP contribution in [0.25, 0.3) is 16.9 Å². The second-order valence-corrected chi connectivity index (χ2v) is 9.08. The van der Waals surface area contributed by atoms with Crippen molar-refractivity contribution < 1.29 is 31.4 Å². The highest BCUT2D eigenvalue weighted by Crippen LogP contribution is 2.35. The summed E-state index contributed by atoms with van der Waals surface area (Å²) in [6, 6.07) is 10.8. The first-order valence-corrected chi connectivity index (χ1v) is 11.0. The van der Waals surface area contributed by atoms with E-state index in [0.29, 0.717) is 11.3 Å². The van der Waals surface area contributed by atoms with Gasteiger partial charge in [0.2, 0.25) is 0 Å². The van der Waals surface area contributed by atoms with Gasteiger partial charge in [0, 0.05) is 12.2 Å². The second kappa shape index (κ2) is 8.89. The van der Waals surface area contributed by atoms with Crippen LogP contribution >= 0.6 is 11.6 Å². The van der Waals surface area contributed by atoms with E-state index in [2.05, 4.69) is 5.10 Å². The molecule has 1 aromatic heterocycles. The van der Waals surface area contributed by atoms with Crippen LogP contribution in [0.2, 0.25) is 5.02 Å². The van der Waals surface area contributed by atoms with Crippen LogP contribution in [0.15, 0.2) is 53.4 Å². The van der Waals surface area contributed by atoms with Gasteiger partial charge in [0.05, 0.1) is 34.2 Å². The molecule has 0 unspecified atom stereocenters. The van der Waals surface area contributed by atoms with Crippen molar-refractivity contribution in [3.63, 3.8) is 0 Å². The molecule has 0 atom stereocenters. The molecule has 0 radical (unpaired) electrons. The molecule has 0 aliphatic rings. The Hall–Kier alpha value is -2.56. The van der Waals surface area contributed by atoms with Gasteiger partial charge in [0.1, 0.15) is 5.75 Å². The summed E-state index contributed by atoms with van der Waals surface area (Å²) in [7, 11) is -2.19. The van der Waals surface area contributed by atoms with Gasteiger partial charge < -0.3 is 9.84 Å². The number of aliphatic hydroxyl groups is 1. The third-order valence-electron chi connectivity index (χ3n) is 4.46. The molecule has 0 saturated heterocycles. The van der Waals surface area contributed by atoms with Crippen molar-refractivity contribution in [2.45, 2.75) is 17.5 Å². The Morgan fingerprint density at radius 3 is 2.35 bits per heavy atom. The van der Waals surface area contributed by atoms with E-state index in [1.807, 2.05) is 0 Å². The number of hydrogen-bond donors (Lipinski definition) is 1. The topological polar surface area (TPSA) is 81.4 Å². The first-order chi connectivity index (χ1) is 14.6. The minimum Gasteiger partial charge on any atom is -0.495 e. The molecule has 0 amide bonds. The summed E-state index contributed by atoms with van der Waals surface area (Å²) in [5.74, 6) is 0.121. The molecule has 0 fully saturated rings. The van der Waals surface area contributed by atoms with E-state index in [4.69, 9.17) is 21.4 Å². The van der Waals surface area contributed by atoms with Gasteiger partial charge in [-0.05, 0) is 42.8 Å². The van der Waals surface area contributed by atoms with Crippen LogP contribution in [0.4, 0.5) is 13.2 Å². The average Bonchev–Trinajstić information content (AvgIpc) is 3.18. The fraction of sp³-hybridized carbons (Fsp3) is 0.250. The molecule has 0 bridgehead atoms. The van der Waals surface area contributed by atoms with E-state index >= 15 is 0 Å². The fourth-order valence-corrected chi connectivity index (χ4v) is 4.46. The Morgan fingerprint density at radius 1 is 1.13 bits per heavy atom. The minimum atomic E-state index is -4.68. The van der Waals surface area contributed by atoms with E-state index in [1.165, 1.54) is 49.6 Å². The molecule has 31 heavy (non-hydrogen) atoms. The predicted molar refractivity (Wildman–Crippen MR) is 109 cm³/mol. The van der Waals surface area contributed by atoms with Crippen LogP contribution in [0, 0.1) is 0 Å². The van der Waals surface area contributed by atoms with Crippen LogP contribution in [0.3, 0.4) is 0 Å². The molecular formula is C20H18ClF3N2O4S. The van der Waals surface area contributed by atoms with Gasteiger partial charge in [0.25, 0.3) is 0 Å². The van der Waals surface area contributed by atoms with Gasteiger partial charge in [-0.1, -0.05) is 23.7 Å². The van der Waals surface area contributed by atoms with Gasteiger partial charge in [-0.2, -0.15) is 18.3 Å². The maximum absolute atomic E-state index is 13.3.